The van der Waals surface area contributed by atoms with Crippen molar-refractivity contribution in [3.8, 4) is 0 Å². The lowest BCUT2D eigenvalue weighted by atomic mass is 10.0. The lowest BCUT2D eigenvalue weighted by molar-refractivity contribution is 0.0923. The standard InChI is InChI=1S/C16H22O2/c1-2-13-8-10-14(11-9-13)16(17)7-3-5-15-6-4-12-18-15/h8-11,15H,2-7,12H2,1H3. The molecule has 98 valence electrons. The number of benzene rings is 1. The van der Waals surface area contributed by atoms with E-state index in [2.05, 4.69) is 6.92 Å². The summed E-state index contributed by atoms with van der Waals surface area (Å²) in [5, 5.41) is 0. The van der Waals surface area contributed by atoms with Crippen LogP contribution in [0.5, 0.6) is 0 Å². The zero-order valence-electron chi connectivity index (χ0n) is 11.2. The van der Waals surface area contributed by atoms with Gasteiger partial charge in [0, 0.05) is 18.6 Å². The van der Waals surface area contributed by atoms with Crippen LogP contribution in [0, 0.1) is 0 Å². The molecule has 0 radical (unpaired) electrons. The molecule has 1 heterocycles. The number of ether oxygens (including phenoxy) is 1. The van der Waals surface area contributed by atoms with Crippen molar-refractivity contribution in [1.29, 1.82) is 0 Å². The monoisotopic (exact) mass is 246 g/mol. The minimum Gasteiger partial charge on any atom is -0.378 e. The van der Waals surface area contributed by atoms with Gasteiger partial charge >= 0.3 is 0 Å². The van der Waals surface area contributed by atoms with E-state index in [9.17, 15) is 4.79 Å². The van der Waals surface area contributed by atoms with E-state index < -0.39 is 0 Å². The number of Topliss-reactive ketones (excluding diaryl/α,β-unsaturated/α-hetero) is 1. The molecule has 1 fully saturated rings. The van der Waals surface area contributed by atoms with E-state index in [1.165, 1.54) is 18.4 Å². The van der Waals surface area contributed by atoms with Gasteiger partial charge in [0.25, 0.3) is 0 Å². The van der Waals surface area contributed by atoms with Crippen molar-refractivity contribution in [2.24, 2.45) is 0 Å². The summed E-state index contributed by atoms with van der Waals surface area (Å²) in [5.74, 6) is 0.260. The van der Waals surface area contributed by atoms with Crippen LogP contribution >= 0.6 is 0 Å². The van der Waals surface area contributed by atoms with Crippen LogP contribution in [0.1, 0.15) is 54.9 Å². The van der Waals surface area contributed by atoms with Gasteiger partial charge in [0.1, 0.15) is 0 Å². The molecule has 0 amide bonds. The molecule has 1 saturated heterocycles. The number of ketones is 1. The number of hydrogen-bond acceptors (Lipinski definition) is 2. The average Bonchev–Trinajstić information content (AvgIpc) is 2.92. The molecule has 0 saturated carbocycles. The molecule has 2 heteroatoms. The summed E-state index contributed by atoms with van der Waals surface area (Å²) in [5.41, 5.74) is 2.13. The first-order valence-electron chi connectivity index (χ1n) is 7.03. The molecule has 1 unspecified atom stereocenters. The molecule has 1 aliphatic heterocycles. The number of hydrogen-bond donors (Lipinski definition) is 0. The Bertz CT molecular complexity index is 375. The first-order valence-corrected chi connectivity index (χ1v) is 7.03. The third kappa shape index (κ3) is 3.67. The number of rotatable bonds is 6. The van der Waals surface area contributed by atoms with Crippen LogP contribution in [-0.4, -0.2) is 18.5 Å². The largest absolute Gasteiger partial charge is 0.378 e. The topological polar surface area (TPSA) is 26.3 Å². The van der Waals surface area contributed by atoms with Gasteiger partial charge in [-0.3, -0.25) is 4.79 Å². The maximum Gasteiger partial charge on any atom is 0.162 e. The van der Waals surface area contributed by atoms with Crippen LogP contribution in [0.3, 0.4) is 0 Å². The second kappa shape index (κ2) is 6.69. The summed E-state index contributed by atoms with van der Waals surface area (Å²) < 4.78 is 5.56. The molecular weight excluding hydrogens is 224 g/mol. The van der Waals surface area contributed by atoms with Gasteiger partial charge < -0.3 is 4.74 Å². The normalized spacial score (nSPS) is 19.1. The summed E-state index contributed by atoms with van der Waals surface area (Å²) in [7, 11) is 0. The van der Waals surface area contributed by atoms with Gasteiger partial charge in [0.15, 0.2) is 5.78 Å². The molecule has 0 spiro atoms. The minimum atomic E-state index is 0.260. The van der Waals surface area contributed by atoms with Crippen LogP contribution in [-0.2, 0) is 11.2 Å². The highest BCUT2D eigenvalue weighted by atomic mass is 16.5. The van der Waals surface area contributed by atoms with Gasteiger partial charge in [-0.25, -0.2) is 0 Å². The van der Waals surface area contributed by atoms with E-state index in [-0.39, 0.29) is 5.78 Å². The molecule has 2 rings (SSSR count). The van der Waals surface area contributed by atoms with Crippen molar-refractivity contribution in [2.75, 3.05) is 6.61 Å². The quantitative estimate of drug-likeness (QED) is 0.714. The average molecular weight is 246 g/mol. The Hall–Kier alpha value is -1.15. The number of aryl methyl sites for hydroxylation is 1. The number of carbonyl (C=O) groups is 1. The zero-order valence-corrected chi connectivity index (χ0v) is 11.2. The summed E-state index contributed by atoms with van der Waals surface area (Å²) >= 11 is 0. The maximum absolute atomic E-state index is 12.0. The molecule has 18 heavy (non-hydrogen) atoms. The summed E-state index contributed by atoms with van der Waals surface area (Å²) in [6.45, 7) is 3.02. The van der Waals surface area contributed by atoms with Crippen molar-refractivity contribution < 1.29 is 9.53 Å². The highest BCUT2D eigenvalue weighted by Crippen LogP contribution is 2.18. The molecular formula is C16H22O2. The third-order valence-corrected chi connectivity index (χ3v) is 3.64. The third-order valence-electron chi connectivity index (χ3n) is 3.64. The molecule has 0 aliphatic carbocycles. The van der Waals surface area contributed by atoms with Crippen molar-refractivity contribution in [3.63, 3.8) is 0 Å². The highest BCUT2D eigenvalue weighted by Gasteiger charge is 2.15. The predicted octanol–water partition coefficient (Wildman–Crippen LogP) is 3.78. The zero-order chi connectivity index (χ0) is 12.8. The van der Waals surface area contributed by atoms with Gasteiger partial charge in [-0.05, 0) is 37.7 Å². The lowest BCUT2D eigenvalue weighted by Gasteiger charge is -2.08. The molecule has 1 aromatic carbocycles. The van der Waals surface area contributed by atoms with Crippen LogP contribution in [0.15, 0.2) is 24.3 Å². The maximum atomic E-state index is 12.0. The lowest BCUT2D eigenvalue weighted by Crippen LogP contribution is -2.06. The second-order valence-electron chi connectivity index (χ2n) is 5.00. The molecule has 1 aliphatic rings. The molecule has 0 N–H and O–H groups in total. The van der Waals surface area contributed by atoms with E-state index >= 15 is 0 Å². The summed E-state index contributed by atoms with van der Waals surface area (Å²) in [4.78, 5) is 12.0. The molecule has 0 bridgehead atoms. The molecule has 1 atom stereocenters. The Kier molecular flexibility index (Phi) is 4.94. The van der Waals surface area contributed by atoms with Crippen LogP contribution < -0.4 is 0 Å². The molecule has 0 aromatic heterocycles. The molecule has 2 nitrogen and oxygen atoms in total. The van der Waals surface area contributed by atoms with Crippen LogP contribution in [0.4, 0.5) is 0 Å². The number of carbonyl (C=O) groups excluding carboxylic acids is 1. The van der Waals surface area contributed by atoms with E-state index in [0.717, 1.165) is 31.4 Å². The Morgan fingerprint density at radius 3 is 2.72 bits per heavy atom. The van der Waals surface area contributed by atoms with Crippen molar-refractivity contribution in [2.45, 2.75) is 51.6 Å². The van der Waals surface area contributed by atoms with Gasteiger partial charge in [-0.1, -0.05) is 31.2 Å². The summed E-state index contributed by atoms with van der Waals surface area (Å²) in [6, 6.07) is 8.00. The van der Waals surface area contributed by atoms with Gasteiger partial charge in [-0.2, -0.15) is 0 Å². The Balaban J connectivity index is 1.76. The van der Waals surface area contributed by atoms with E-state index in [4.69, 9.17) is 4.74 Å². The highest BCUT2D eigenvalue weighted by molar-refractivity contribution is 5.96. The Morgan fingerprint density at radius 2 is 2.11 bits per heavy atom. The smallest absolute Gasteiger partial charge is 0.162 e. The van der Waals surface area contributed by atoms with E-state index in [0.29, 0.717) is 12.5 Å². The fourth-order valence-electron chi connectivity index (χ4n) is 2.43. The Morgan fingerprint density at radius 1 is 1.33 bits per heavy atom. The van der Waals surface area contributed by atoms with E-state index in [1.807, 2.05) is 24.3 Å². The fourth-order valence-corrected chi connectivity index (χ4v) is 2.43. The van der Waals surface area contributed by atoms with Gasteiger partial charge in [-0.15, -0.1) is 0 Å². The fraction of sp³-hybridized carbons (Fsp3) is 0.562. The van der Waals surface area contributed by atoms with Gasteiger partial charge in [0.05, 0.1) is 6.10 Å². The van der Waals surface area contributed by atoms with E-state index in [1.54, 1.807) is 0 Å². The summed E-state index contributed by atoms with van der Waals surface area (Å²) in [6.07, 6.45) is 6.38. The van der Waals surface area contributed by atoms with Crippen molar-refractivity contribution >= 4 is 5.78 Å². The van der Waals surface area contributed by atoms with Gasteiger partial charge in [0.2, 0.25) is 0 Å². The van der Waals surface area contributed by atoms with Crippen molar-refractivity contribution in [3.05, 3.63) is 35.4 Å². The first-order chi connectivity index (χ1) is 8.79. The minimum absolute atomic E-state index is 0.260. The first kappa shape index (κ1) is 13.3. The van der Waals surface area contributed by atoms with Crippen LogP contribution in [0.25, 0.3) is 0 Å². The van der Waals surface area contributed by atoms with Crippen molar-refractivity contribution in [1.82, 2.24) is 0 Å². The predicted molar refractivity (Wildman–Crippen MR) is 73.0 cm³/mol. The SMILES string of the molecule is CCc1ccc(C(=O)CCCC2CCCO2)cc1. The second-order valence-corrected chi connectivity index (χ2v) is 5.00. The molecule has 1 aromatic rings. The van der Waals surface area contributed by atoms with Crippen LogP contribution in [0.2, 0.25) is 0 Å². The Labute approximate surface area is 109 Å².